The fourth-order valence-electron chi connectivity index (χ4n) is 2.61. The molecule has 0 spiro atoms. The van der Waals surface area contributed by atoms with Crippen LogP contribution in [0, 0.1) is 6.92 Å². The van der Waals surface area contributed by atoms with Crippen LogP contribution in [0.5, 0.6) is 11.5 Å². The summed E-state index contributed by atoms with van der Waals surface area (Å²) in [6.45, 7) is -1.49. The molecule has 0 aliphatic rings. The zero-order valence-corrected chi connectivity index (χ0v) is 16.2. The van der Waals surface area contributed by atoms with Gasteiger partial charge in [0.2, 0.25) is 0 Å². The molecule has 0 amide bonds. The first-order valence-electron chi connectivity index (χ1n) is 8.35. The summed E-state index contributed by atoms with van der Waals surface area (Å²) in [6.07, 6.45) is 3.01. The third-order valence-electron chi connectivity index (χ3n) is 3.96. The fourth-order valence-corrected chi connectivity index (χ4v) is 2.88. The van der Waals surface area contributed by atoms with Gasteiger partial charge in [-0.15, -0.1) is 0 Å². The topological polar surface area (TPSA) is 75.5 Å². The number of benzene rings is 1. The van der Waals surface area contributed by atoms with Gasteiger partial charge in [-0.2, -0.15) is 13.9 Å². The molecule has 0 N–H and O–H groups in total. The maximum atomic E-state index is 12.5. The number of carbonyl (C=O) groups is 1. The van der Waals surface area contributed by atoms with Crippen molar-refractivity contribution in [3.63, 3.8) is 0 Å². The van der Waals surface area contributed by atoms with Crippen molar-refractivity contribution in [2.24, 2.45) is 0 Å². The van der Waals surface area contributed by atoms with Crippen LogP contribution in [0.25, 0.3) is 5.82 Å². The number of rotatable bonds is 7. The maximum Gasteiger partial charge on any atom is 0.387 e. The van der Waals surface area contributed by atoms with Gasteiger partial charge >= 0.3 is 12.6 Å². The molecular formula is C19H16ClF2N3O4. The predicted octanol–water partition coefficient (Wildman–Crippen LogP) is 4.20. The van der Waals surface area contributed by atoms with Gasteiger partial charge in [0.05, 0.1) is 24.0 Å². The molecule has 3 rings (SSSR count). The summed E-state index contributed by atoms with van der Waals surface area (Å²) in [6, 6.07) is 8.10. The normalized spacial score (nSPS) is 10.8. The summed E-state index contributed by atoms with van der Waals surface area (Å²) >= 11 is 5.99. The Kier molecular flexibility index (Phi) is 6.28. The lowest BCUT2D eigenvalue weighted by Gasteiger charge is -2.13. The second-order valence-corrected chi connectivity index (χ2v) is 6.21. The second-order valence-electron chi connectivity index (χ2n) is 5.81. The molecule has 0 aliphatic heterocycles. The van der Waals surface area contributed by atoms with Crippen LogP contribution in [0.15, 0.2) is 42.7 Å². The number of methoxy groups -OCH3 is 1. The Morgan fingerprint density at radius 3 is 2.76 bits per heavy atom. The van der Waals surface area contributed by atoms with E-state index in [-0.39, 0.29) is 28.7 Å². The molecule has 0 bridgehead atoms. The van der Waals surface area contributed by atoms with Crippen molar-refractivity contribution in [1.82, 2.24) is 14.8 Å². The summed E-state index contributed by atoms with van der Waals surface area (Å²) in [7, 11) is 1.29. The number of pyridine rings is 1. The average molecular weight is 424 g/mol. The van der Waals surface area contributed by atoms with Gasteiger partial charge in [0.15, 0.2) is 17.3 Å². The Labute approximate surface area is 169 Å². The van der Waals surface area contributed by atoms with Crippen molar-refractivity contribution >= 4 is 17.6 Å². The standard InChI is InChI=1S/C19H16ClF2N3O4/c1-11-13(9-24-25(11)16-5-3-4-6-23-16)18(26)28-10-12-7-14(20)17(29-19(21)22)15(8-12)27-2/h3-9,19H,10H2,1-2H3. The molecule has 0 fully saturated rings. The van der Waals surface area contributed by atoms with E-state index in [0.717, 1.165) is 0 Å². The highest BCUT2D eigenvalue weighted by molar-refractivity contribution is 6.32. The van der Waals surface area contributed by atoms with E-state index in [1.807, 2.05) is 0 Å². The number of carbonyl (C=O) groups excluding carboxylic acids is 1. The lowest BCUT2D eigenvalue weighted by atomic mass is 10.2. The van der Waals surface area contributed by atoms with Gasteiger partial charge in [-0.05, 0) is 36.8 Å². The van der Waals surface area contributed by atoms with E-state index < -0.39 is 12.6 Å². The summed E-state index contributed by atoms with van der Waals surface area (Å²) in [5, 5.41) is 4.08. The van der Waals surface area contributed by atoms with Crippen LogP contribution in [-0.2, 0) is 11.3 Å². The Balaban J connectivity index is 1.75. The van der Waals surface area contributed by atoms with Crippen molar-refractivity contribution < 1.29 is 27.8 Å². The number of nitrogens with zero attached hydrogens (tertiary/aromatic N) is 3. The van der Waals surface area contributed by atoms with Crippen molar-refractivity contribution in [3.05, 3.63) is 64.6 Å². The quantitative estimate of drug-likeness (QED) is 0.530. The Hall–Kier alpha value is -3.20. The van der Waals surface area contributed by atoms with Crippen LogP contribution < -0.4 is 9.47 Å². The molecule has 0 saturated carbocycles. The number of hydrogen-bond acceptors (Lipinski definition) is 6. The van der Waals surface area contributed by atoms with Crippen molar-refractivity contribution in [2.75, 3.05) is 7.11 Å². The number of hydrogen-bond donors (Lipinski definition) is 0. The molecule has 29 heavy (non-hydrogen) atoms. The highest BCUT2D eigenvalue weighted by atomic mass is 35.5. The second kappa shape index (κ2) is 8.87. The number of aromatic nitrogens is 3. The van der Waals surface area contributed by atoms with E-state index >= 15 is 0 Å². The van der Waals surface area contributed by atoms with E-state index in [2.05, 4.69) is 14.8 Å². The summed E-state index contributed by atoms with van der Waals surface area (Å²) < 4.78 is 41.2. The first-order chi connectivity index (χ1) is 13.9. The molecule has 7 nitrogen and oxygen atoms in total. The molecule has 2 heterocycles. The van der Waals surface area contributed by atoms with Crippen molar-refractivity contribution in [1.29, 1.82) is 0 Å². The number of halogens is 3. The van der Waals surface area contributed by atoms with Crippen molar-refractivity contribution in [2.45, 2.75) is 20.1 Å². The number of esters is 1. The lowest BCUT2D eigenvalue weighted by molar-refractivity contribution is -0.0511. The third-order valence-corrected chi connectivity index (χ3v) is 4.24. The van der Waals surface area contributed by atoms with Gasteiger partial charge in [0.1, 0.15) is 12.2 Å². The van der Waals surface area contributed by atoms with E-state index in [0.29, 0.717) is 17.1 Å². The third kappa shape index (κ3) is 4.62. The first-order valence-corrected chi connectivity index (χ1v) is 8.73. The smallest absolute Gasteiger partial charge is 0.387 e. The Morgan fingerprint density at radius 2 is 2.10 bits per heavy atom. The van der Waals surface area contributed by atoms with Gasteiger partial charge in [-0.3, -0.25) is 0 Å². The van der Waals surface area contributed by atoms with Crippen LogP contribution in [-0.4, -0.2) is 34.5 Å². The summed E-state index contributed by atoms with van der Waals surface area (Å²) in [4.78, 5) is 16.6. The molecule has 10 heteroatoms. The maximum absolute atomic E-state index is 12.5. The highest BCUT2D eigenvalue weighted by Gasteiger charge is 2.19. The van der Waals surface area contributed by atoms with E-state index in [4.69, 9.17) is 21.1 Å². The van der Waals surface area contributed by atoms with Crippen LogP contribution in [0.1, 0.15) is 21.6 Å². The summed E-state index contributed by atoms with van der Waals surface area (Å²) in [5.41, 5.74) is 1.27. The minimum absolute atomic E-state index is 0.00278. The molecule has 0 atom stereocenters. The highest BCUT2D eigenvalue weighted by Crippen LogP contribution is 2.37. The Bertz CT molecular complexity index is 1010. The summed E-state index contributed by atoms with van der Waals surface area (Å²) in [5.74, 6) is -0.322. The first kappa shape index (κ1) is 20.5. The molecule has 0 radical (unpaired) electrons. The minimum atomic E-state index is -3.05. The molecule has 0 saturated heterocycles. The molecule has 2 aromatic heterocycles. The average Bonchev–Trinajstić information content (AvgIpc) is 3.09. The van der Waals surface area contributed by atoms with Gasteiger partial charge in [0.25, 0.3) is 0 Å². The van der Waals surface area contributed by atoms with E-state index in [9.17, 15) is 13.6 Å². The van der Waals surface area contributed by atoms with Gasteiger partial charge in [-0.1, -0.05) is 17.7 Å². The van der Waals surface area contributed by atoms with Crippen LogP contribution in [0.3, 0.4) is 0 Å². The van der Waals surface area contributed by atoms with Crippen LogP contribution in [0.4, 0.5) is 8.78 Å². The molecular weight excluding hydrogens is 408 g/mol. The predicted molar refractivity (Wildman–Crippen MR) is 99.9 cm³/mol. The zero-order chi connectivity index (χ0) is 21.0. The molecule has 152 valence electrons. The molecule has 0 aliphatic carbocycles. The minimum Gasteiger partial charge on any atom is -0.493 e. The van der Waals surface area contributed by atoms with E-state index in [1.54, 1.807) is 31.3 Å². The monoisotopic (exact) mass is 423 g/mol. The lowest BCUT2D eigenvalue weighted by Crippen LogP contribution is -2.08. The molecule has 0 unspecified atom stereocenters. The number of ether oxygens (including phenoxy) is 3. The van der Waals surface area contributed by atoms with Gasteiger partial charge < -0.3 is 14.2 Å². The van der Waals surface area contributed by atoms with Crippen molar-refractivity contribution in [3.8, 4) is 17.3 Å². The van der Waals surface area contributed by atoms with Crippen LogP contribution >= 0.6 is 11.6 Å². The zero-order valence-electron chi connectivity index (χ0n) is 15.4. The van der Waals surface area contributed by atoms with E-state index in [1.165, 1.54) is 30.1 Å². The SMILES string of the molecule is COc1cc(COC(=O)c2cnn(-c3ccccn3)c2C)cc(Cl)c1OC(F)F. The number of alkyl halides is 2. The van der Waals surface area contributed by atoms with Gasteiger partial charge in [-0.25, -0.2) is 14.5 Å². The van der Waals surface area contributed by atoms with Crippen LogP contribution in [0.2, 0.25) is 5.02 Å². The molecule has 1 aromatic carbocycles. The fraction of sp³-hybridized carbons (Fsp3) is 0.211. The molecule has 3 aromatic rings. The Morgan fingerprint density at radius 1 is 1.31 bits per heavy atom. The largest absolute Gasteiger partial charge is 0.493 e. The van der Waals surface area contributed by atoms with Gasteiger partial charge in [0, 0.05) is 6.20 Å².